The van der Waals surface area contributed by atoms with E-state index >= 15 is 0 Å². The van der Waals surface area contributed by atoms with Crippen LogP contribution in [0, 0.1) is 0 Å². The number of morpholine rings is 1. The summed E-state index contributed by atoms with van der Waals surface area (Å²) in [5.41, 5.74) is 0.889. The van der Waals surface area contributed by atoms with E-state index in [9.17, 15) is 0 Å². The Balaban J connectivity index is 2.05. The number of hydrogen-bond acceptors (Lipinski definition) is 5. The van der Waals surface area contributed by atoms with Crippen molar-refractivity contribution in [3.63, 3.8) is 0 Å². The van der Waals surface area contributed by atoms with Crippen LogP contribution < -0.4 is 10.2 Å². The number of aromatic nitrogens is 3. The zero-order chi connectivity index (χ0) is 13.4. The Morgan fingerprint density at radius 3 is 2.74 bits per heavy atom. The van der Waals surface area contributed by atoms with Crippen LogP contribution >= 0.6 is 0 Å². The number of imidazole rings is 1. The van der Waals surface area contributed by atoms with Gasteiger partial charge in [0.2, 0.25) is 0 Å². The highest BCUT2D eigenvalue weighted by molar-refractivity contribution is 5.67. The first-order valence-corrected chi connectivity index (χ1v) is 6.59. The van der Waals surface area contributed by atoms with Crippen LogP contribution in [0.4, 0.5) is 11.6 Å². The molecule has 2 aromatic heterocycles. The van der Waals surface area contributed by atoms with Gasteiger partial charge in [0.1, 0.15) is 5.82 Å². The van der Waals surface area contributed by atoms with Crippen LogP contribution in [0.25, 0.3) is 5.65 Å². The first-order valence-electron chi connectivity index (χ1n) is 6.59. The van der Waals surface area contributed by atoms with E-state index in [0.717, 1.165) is 30.4 Å². The van der Waals surface area contributed by atoms with E-state index in [1.54, 1.807) is 6.20 Å². The van der Waals surface area contributed by atoms with Crippen LogP contribution in [0.5, 0.6) is 0 Å². The molecule has 6 nitrogen and oxygen atoms in total. The van der Waals surface area contributed by atoms with Crippen molar-refractivity contribution in [2.45, 2.75) is 26.1 Å². The second-order valence-corrected chi connectivity index (χ2v) is 5.02. The molecular weight excluding hydrogens is 242 g/mol. The van der Waals surface area contributed by atoms with Gasteiger partial charge in [0.15, 0.2) is 11.5 Å². The highest BCUT2D eigenvalue weighted by Gasteiger charge is 2.25. The first-order chi connectivity index (χ1) is 9.17. The van der Waals surface area contributed by atoms with Crippen LogP contribution in [-0.4, -0.2) is 46.7 Å². The molecule has 1 fully saturated rings. The van der Waals surface area contributed by atoms with Gasteiger partial charge in [0.05, 0.1) is 18.4 Å². The fourth-order valence-corrected chi connectivity index (χ4v) is 2.60. The van der Waals surface area contributed by atoms with Gasteiger partial charge in [-0.3, -0.25) is 0 Å². The average molecular weight is 261 g/mol. The molecule has 0 saturated carbocycles. The van der Waals surface area contributed by atoms with Gasteiger partial charge in [-0.05, 0) is 13.8 Å². The number of ether oxygens (including phenoxy) is 1. The Morgan fingerprint density at radius 2 is 2.05 bits per heavy atom. The molecule has 2 aromatic rings. The molecule has 1 saturated heterocycles. The lowest BCUT2D eigenvalue weighted by atomic mass is 10.2. The monoisotopic (exact) mass is 261 g/mol. The zero-order valence-corrected chi connectivity index (χ0v) is 11.5. The molecule has 0 aromatic carbocycles. The van der Waals surface area contributed by atoms with Crippen LogP contribution in [-0.2, 0) is 4.74 Å². The van der Waals surface area contributed by atoms with Gasteiger partial charge < -0.3 is 19.4 Å². The summed E-state index contributed by atoms with van der Waals surface area (Å²) in [6.07, 6.45) is 6.10. The smallest absolute Gasteiger partial charge is 0.180 e. The summed E-state index contributed by atoms with van der Waals surface area (Å²) in [7, 11) is 1.87. The van der Waals surface area contributed by atoms with Crippen molar-refractivity contribution < 1.29 is 4.74 Å². The summed E-state index contributed by atoms with van der Waals surface area (Å²) in [5.74, 6) is 1.76. The number of hydrogen-bond donors (Lipinski definition) is 1. The van der Waals surface area contributed by atoms with E-state index in [0.29, 0.717) is 0 Å². The van der Waals surface area contributed by atoms with E-state index in [1.807, 2.05) is 23.8 Å². The van der Waals surface area contributed by atoms with E-state index in [2.05, 4.69) is 34.0 Å². The fourth-order valence-electron chi connectivity index (χ4n) is 2.60. The number of nitrogens with one attached hydrogen (secondary N) is 1. The molecule has 1 N–H and O–H groups in total. The van der Waals surface area contributed by atoms with Crippen molar-refractivity contribution in [3.8, 4) is 0 Å². The summed E-state index contributed by atoms with van der Waals surface area (Å²) >= 11 is 0. The summed E-state index contributed by atoms with van der Waals surface area (Å²) < 4.78 is 7.77. The van der Waals surface area contributed by atoms with Gasteiger partial charge in [-0.2, -0.15) is 0 Å². The van der Waals surface area contributed by atoms with Crippen molar-refractivity contribution in [3.05, 3.63) is 18.6 Å². The fraction of sp³-hybridized carbons (Fsp3) is 0.538. The van der Waals surface area contributed by atoms with Gasteiger partial charge in [-0.25, -0.2) is 9.97 Å². The maximum absolute atomic E-state index is 5.78. The Labute approximate surface area is 112 Å². The van der Waals surface area contributed by atoms with Crippen molar-refractivity contribution in [2.75, 3.05) is 30.4 Å². The second-order valence-electron chi connectivity index (χ2n) is 5.02. The predicted molar refractivity (Wildman–Crippen MR) is 74.8 cm³/mol. The SMILES string of the molecule is CNc1cn2ccnc2c(N2CC(C)OC(C)C2)n1. The molecule has 1 aliphatic heterocycles. The molecule has 1 aliphatic rings. The number of anilines is 2. The molecule has 0 amide bonds. The summed E-state index contributed by atoms with van der Waals surface area (Å²) in [6, 6.07) is 0. The van der Waals surface area contributed by atoms with Crippen LogP contribution in [0.1, 0.15) is 13.8 Å². The third kappa shape index (κ3) is 2.23. The van der Waals surface area contributed by atoms with Gasteiger partial charge in [-0.1, -0.05) is 0 Å². The topological polar surface area (TPSA) is 54.7 Å². The lowest BCUT2D eigenvalue weighted by Gasteiger charge is -2.36. The second kappa shape index (κ2) is 4.70. The van der Waals surface area contributed by atoms with Gasteiger partial charge in [0, 0.05) is 32.5 Å². The Kier molecular flexibility index (Phi) is 3.02. The summed E-state index contributed by atoms with van der Waals surface area (Å²) in [5, 5.41) is 3.09. The lowest BCUT2D eigenvalue weighted by molar-refractivity contribution is -0.00538. The molecule has 3 heterocycles. The predicted octanol–water partition coefficient (Wildman–Crippen LogP) is 1.38. The quantitative estimate of drug-likeness (QED) is 0.885. The van der Waals surface area contributed by atoms with Crippen LogP contribution in [0.3, 0.4) is 0 Å². The highest BCUT2D eigenvalue weighted by Crippen LogP contribution is 2.24. The Morgan fingerprint density at radius 1 is 1.32 bits per heavy atom. The first kappa shape index (κ1) is 12.2. The van der Waals surface area contributed by atoms with Gasteiger partial charge in [-0.15, -0.1) is 0 Å². The summed E-state index contributed by atoms with van der Waals surface area (Å²) in [6.45, 7) is 5.86. The lowest BCUT2D eigenvalue weighted by Crippen LogP contribution is -2.46. The molecule has 19 heavy (non-hydrogen) atoms. The molecule has 2 unspecified atom stereocenters. The number of rotatable bonds is 2. The van der Waals surface area contributed by atoms with E-state index in [4.69, 9.17) is 4.74 Å². The Bertz CT molecular complexity index is 571. The van der Waals surface area contributed by atoms with E-state index < -0.39 is 0 Å². The van der Waals surface area contributed by atoms with Gasteiger partial charge in [0.25, 0.3) is 0 Å². The molecule has 6 heteroatoms. The van der Waals surface area contributed by atoms with Crippen LogP contribution in [0.2, 0.25) is 0 Å². The number of fused-ring (bicyclic) bond motifs is 1. The minimum absolute atomic E-state index is 0.207. The molecule has 0 aliphatic carbocycles. The van der Waals surface area contributed by atoms with E-state index in [-0.39, 0.29) is 12.2 Å². The minimum atomic E-state index is 0.207. The van der Waals surface area contributed by atoms with E-state index in [1.165, 1.54) is 0 Å². The highest BCUT2D eigenvalue weighted by atomic mass is 16.5. The molecule has 0 spiro atoms. The standard InChI is InChI=1S/C13H19N5O/c1-9-6-18(7-10(2)19-9)13-12-15-4-5-17(12)8-11(14-3)16-13/h4-5,8-10,14H,6-7H2,1-3H3. The maximum atomic E-state index is 5.78. The normalized spacial score (nSPS) is 23.8. The largest absolute Gasteiger partial charge is 0.372 e. The van der Waals surface area contributed by atoms with Crippen molar-refractivity contribution in [1.82, 2.24) is 14.4 Å². The third-order valence-electron chi connectivity index (χ3n) is 3.33. The van der Waals surface area contributed by atoms with Crippen LogP contribution in [0.15, 0.2) is 18.6 Å². The average Bonchev–Trinajstić information content (AvgIpc) is 2.84. The molecule has 2 atom stereocenters. The zero-order valence-electron chi connectivity index (χ0n) is 11.5. The summed E-state index contributed by atoms with van der Waals surface area (Å²) in [4.78, 5) is 11.3. The molecule has 102 valence electrons. The molecule has 3 rings (SSSR count). The molecular formula is C13H19N5O. The number of nitrogens with zero attached hydrogens (tertiary/aromatic N) is 4. The van der Waals surface area contributed by atoms with Crippen molar-refractivity contribution in [2.24, 2.45) is 0 Å². The minimum Gasteiger partial charge on any atom is -0.372 e. The van der Waals surface area contributed by atoms with Crippen molar-refractivity contribution >= 4 is 17.3 Å². The molecule has 0 bridgehead atoms. The Hall–Kier alpha value is -1.82. The van der Waals surface area contributed by atoms with Gasteiger partial charge >= 0.3 is 0 Å². The molecule has 0 radical (unpaired) electrons. The maximum Gasteiger partial charge on any atom is 0.180 e. The van der Waals surface area contributed by atoms with Crippen molar-refractivity contribution in [1.29, 1.82) is 0 Å². The third-order valence-corrected chi connectivity index (χ3v) is 3.33.